The van der Waals surface area contributed by atoms with Crippen LogP contribution in [-0.4, -0.2) is 17.7 Å². The molecule has 0 saturated carbocycles. The van der Waals surface area contributed by atoms with Crippen molar-refractivity contribution in [2.75, 3.05) is 5.73 Å². The number of carbonyl (C=O) groups is 1. The standard InChI is InChI=1S/C14H21NO3/c1-9(2)17-10-6-7-11(12(15)8-10)13(16)18-14(3,4)5/h6-9H,15H2,1-5H3. The molecular formula is C14H21NO3. The van der Waals surface area contributed by atoms with Crippen molar-refractivity contribution < 1.29 is 14.3 Å². The van der Waals surface area contributed by atoms with Crippen LogP contribution < -0.4 is 10.5 Å². The first-order valence-corrected chi connectivity index (χ1v) is 5.98. The number of esters is 1. The summed E-state index contributed by atoms with van der Waals surface area (Å²) in [7, 11) is 0. The van der Waals surface area contributed by atoms with Crippen LogP contribution in [-0.2, 0) is 4.74 Å². The van der Waals surface area contributed by atoms with E-state index in [1.54, 1.807) is 18.2 Å². The molecule has 0 aliphatic carbocycles. The summed E-state index contributed by atoms with van der Waals surface area (Å²) in [4.78, 5) is 11.9. The molecule has 0 saturated heterocycles. The van der Waals surface area contributed by atoms with E-state index in [2.05, 4.69) is 0 Å². The molecule has 0 aliphatic heterocycles. The largest absolute Gasteiger partial charge is 0.491 e. The SMILES string of the molecule is CC(C)Oc1ccc(C(=O)OC(C)(C)C)c(N)c1. The third kappa shape index (κ3) is 4.28. The van der Waals surface area contributed by atoms with Gasteiger partial charge in [-0.2, -0.15) is 0 Å². The van der Waals surface area contributed by atoms with Gasteiger partial charge in [0.05, 0.1) is 11.7 Å². The van der Waals surface area contributed by atoms with E-state index in [0.29, 0.717) is 17.0 Å². The molecule has 1 aromatic carbocycles. The Hall–Kier alpha value is -1.71. The second-order valence-electron chi connectivity index (χ2n) is 5.42. The summed E-state index contributed by atoms with van der Waals surface area (Å²) >= 11 is 0. The van der Waals surface area contributed by atoms with E-state index in [4.69, 9.17) is 15.2 Å². The molecule has 4 heteroatoms. The third-order valence-corrected chi connectivity index (χ3v) is 2.01. The van der Waals surface area contributed by atoms with Crippen molar-refractivity contribution in [1.82, 2.24) is 0 Å². The lowest BCUT2D eigenvalue weighted by molar-refractivity contribution is 0.00708. The molecule has 0 bridgehead atoms. The molecule has 0 radical (unpaired) electrons. The summed E-state index contributed by atoms with van der Waals surface area (Å²) in [6, 6.07) is 4.98. The zero-order valence-electron chi connectivity index (χ0n) is 11.6. The zero-order valence-corrected chi connectivity index (χ0v) is 11.6. The van der Waals surface area contributed by atoms with Gasteiger partial charge in [-0.15, -0.1) is 0 Å². The van der Waals surface area contributed by atoms with E-state index in [-0.39, 0.29) is 6.10 Å². The molecule has 0 unspecified atom stereocenters. The Kier molecular flexibility index (Phi) is 4.22. The first-order valence-electron chi connectivity index (χ1n) is 5.98. The molecule has 1 rings (SSSR count). The van der Waals surface area contributed by atoms with E-state index >= 15 is 0 Å². The van der Waals surface area contributed by atoms with Gasteiger partial charge in [-0.25, -0.2) is 4.79 Å². The van der Waals surface area contributed by atoms with E-state index < -0.39 is 11.6 Å². The highest BCUT2D eigenvalue weighted by molar-refractivity contribution is 5.95. The lowest BCUT2D eigenvalue weighted by Gasteiger charge is -2.20. The van der Waals surface area contributed by atoms with Crippen molar-refractivity contribution in [3.05, 3.63) is 23.8 Å². The third-order valence-electron chi connectivity index (χ3n) is 2.01. The highest BCUT2D eigenvalue weighted by atomic mass is 16.6. The summed E-state index contributed by atoms with van der Waals surface area (Å²) in [6.45, 7) is 9.31. The van der Waals surface area contributed by atoms with Crippen molar-refractivity contribution in [2.45, 2.75) is 46.3 Å². The Bertz CT molecular complexity index is 433. The first kappa shape index (κ1) is 14.4. The topological polar surface area (TPSA) is 61.5 Å². The van der Waals surface area contributed by atoms with Gasteiger partial charge in [0.15, 0.2) is 0 Å². The molecule has 4 nitrogen and oxygen atoms in total. The van der Waals surface area contributed by atoms with Crippen molar-refractivity contribution in [1.29, 1.82) is 0 Å². The predicted octanol–water partition coefficient (Wildman–Crippen LogP) is 3.01. The quantitative estimate of drug-likeness (QED) is 0.662. The average molecular weight is 251 g/mol. The molecule has 0 amide bonds. The minimum Gasteiger partial charge on any atom is -0.491 e. The molecule has 0 heterocycles. The van der Waals surface area contributed by atoms with E-state index in [1.165, 1.54) is 0 Å². The molecule has 0 aliphatic rings. The molecule has 0 fully saturated rings. The maximum Gasteiger partial charge on any atom is 0.340 e. The highest BCUT2D eigenvalue weighted by Crippen LogP contribution is 2.23. The Labute approximate surface area is 108 Å². The van der Waals surface area contributed by atoms with Crippen LogP contribution >= 0.6 is 0 Å². The van der Waals surface area contributed by atoms with Crippen LogP contribution in [0.3, 0.4) is 0 Å². The molecule has 0 atom stereocenters. The van der Waals surface area contributed by atoms with Crippen molar-refractivity contribution >= 4 is 11.7 Å². The van der Waals surface area contributed by atoms with Gasteiger partial charge in [0, 0.05) is 11.8 Å². The number of rotatable bonds is 3. The van der Waals surface area contributed by atoms with E-state index in [0.717, 1.165) is 0 Å². The summed E-state index contributed by atoms with van der Waals surface area (Å²) in [5, 5.41) is 0. The fraction of sp³-hybridized carbons (Fsp3) is 0.500. The Morgan fingerprint density at radius 3 is 2.33 bits per heavy atom. The second-order valence-corrected chi connectivity index (χ2v) is 5.42. The van der Waals surface area contributed by atoms with Gasteiger partial charge in [0.2, 0.25) is 0 Å². The molecule has 0 aromatic heterocycles. The first-order chi connectivity index (χ1) is 8.19. The van der Waals surface area contributed by atoms with E-state index in [9.17, 15) is 4.79 Å². The van der Waals surface area contributed by atoms with Crippen LogP contribution in [0.15, 0.2) is 18.2 Å². The van der Waals surface area contributed by atoms with Crippen LogP contribution in [0, 0.1) is 0 Å². The molecule has 1 aromatic rings. The number of carbonyl (C=O) groups excluding carboxylic acids is 1. The van der Waals surface area contributed by atoms with Crippen LogP contribution in [0.2, 0.25) is 0 Å². The molecule has 100 valence electrons. The zero-order chi connectivity index (χ0) is 13.9. The van der Waals surface area contributed by atoms with Gasteiger partial charge in [-0.1, -0.05) is 0 Å². The van der Waals surface area contributed by atoms with E-state index in [1.807, 2.05) is 34.6 Å². The highest BCUT2D eigenvalue weighted by Gasteiger charge is 2.19. The van der Waals surface area contributed by atoms with Gasteiger partial charge >= 0.3 is 5.97 Å². The maximum absolute atomic E-state index is 11.9. The van der Waals surface area contributed by atoms with Crippen molar-refractivity contribution in [3.8, 4) is 5.75 Å². The van der Waals surface area contributed by atoms with Crippen molar-refractivity contribution in [3.63, 3.8) is 0 Å². The number of benzene rings is 1. The van der Waals surface area contributed by atoms with Crippen LogP contribution in [0.5, 0.6) is 5.75 Å². The lowest BCUT2D eigenvalue weighted by atomic mass is 10.1. The fourth-order valence-corrected chi connectivity index (χ4v) is 1.41. The van der Waals surface area contributed by atoms with Crippen LogP contribution in [0.25, 0.3) is 0 Å². The van der Waals surface area contributed by atoms with Crippen LogP contribution in [0.1, 0.15) is 45.0 Å². The molecule has 2 N–H and O–H groups in total. The summed E-state index contributed by atoms with van der Waals surface area (Å²) in [5.74, 6) is 0.228. The second kappa shape index (κ2) is 5.29. The summed E-state index contributed by atoms with van der Waals surface area (Å²) in [5.41, 5.74) is 6.03. The van der Waals surface area contributed by atoms with Crippen LogP contribution in [0.4, 0.5) is 5.69 Å². The average Bonchev–Trinajstić information content (AvgIpc) is 2.13. The van der Waals surface area contributed by atoms with Crippen molar-refractivity contribution in [2.24, 2.45) is 0 Å². The normalized spacial score (nSPS) is 11.4. The Morgan fingerprint density at radius 1 is 1.28 bits per heavy atom. The number of hydrogen-bond donors (Lipinski definition) is 1. The number of hydrogen-bond acceptors (Lipinski definition) is 4. The molecule has 0 spiro atoms. The predicted molar refractivity (Wildman–Crippen MR) is 71.8 cm³/mol. The van der Waals surface area contributed by atoms with Gasteiger partial charge in [0.25, 0.3) is 0 Å². The number of nitrogens with two attached hydrogens (primary N) is 1. The number of ether oxygens (including phenoxy) is 2. The minimum absolute atomic E-state index is 0.0665. The smallest absolute Gasteiger partial charge is 0.340 e. The summed E-state index contributed by atoms with van der Waals surface area (Å²) < 4.78 is 10.8. The fourth-order valence-electron chi connectivity index (χ4n) is 1.41. The lowest BCUT2D eigenvalue weighted by Crippen LogP contribution is -2.24. The minimum atomic E-state index is -0.531. The van der Waals surface area contributed by atoms with Gasteiger partial charge in [-0.05, 0) is 46.8 Å². The van der Waals surface area contributed by atoms with Gasteiger partial charge < -0.3 is 15.2 Å². The molecule has 18 heavy (non-hydrogen) atoms. The maximum atomic E-state index is 11.9. The molecular weight excluding hydrogens is 230 g/mol. The monoisotopic (exact) mass is 251 g/mol. The number of nitrogen functional groups attached to an aromatic ring is 1. The van der Waals surface area contributed by atoms with Gasteiger partial charge in [0.1, 0.15) is 11.4 Å². The number of anilines is 1. The Morgan fingerprint density at radius 2 is 1.89 bits per heavy atom. The summed E-state index contributed by atoms with van der Waals surface area (Å²) in [6.07, 6.45) is 0.0665. The van der Waals surface area contributed by atoms with Gasteiger partial charge in [-0.3, -0.25) is 0 Å². The Balaban J connectivity index is 2.89.